The summed E-state index contributed by atoms with van der Waals surface area (Å²) >= 11 is 0. The van der Waals surface area contributed by atoms with Crippen molar-refractivity contribution in [1.29, 1.82) is 0 Å². The van der Waals surface area contributed by atoms with Gasteiger partial charge in [-0.3, -0.25) is 0 Å². The molecule has 0 aliphatic rings. The van der Waals surface area contributed by atoms with Crippen molar-refractivity contribution in [3.63, 3.8) is 0 Å². The van der Waals surface area contributed by atoms with Crippen LogP contribution in [0.2, 0.25) is 0 Å². The van der Waals surface area contributed by atoms with Gasteiger partial charge >= 0.3 is 5.97 Å². The Labute approximate surface area is 117 Å². The molecule has 2 rings (SSSR count). The highest BCUT2D eigenvalue weighted by molar-refractivity contribution is 5.94. The van der Waals surface area contributed by atoms with Gasteiger partial charge in [0.05, 0.1) is 17.9 Å². The molecule has 104 valence electrons. The highest BCUT2D eigenvalue weighted by Gasteiger charge is 2.15. The summed E-state index contributed by atoms with van der Waals surface area (Å²) in [7, 11) is 0. The lowest BCUT2D eigenvalue weighted by atomic mass is 10.1. The van der Waals surface area contributed by atoms with Gasteiger partial charge in [0, 0.05) is 13.1 Å². The molecule has 2 N–H and O–H groups in total. The minimum absolute atomic E-state index is 0.0270. The van der Waals surface area contributed by atoms with E-state index in [1.165, 1.54) is 0 Å². The molecule has 0 fully saturated rings. The van der Waals surface area contributed by atoms with Crippen molar-refractivity contribution in [2.24, 2.45) is 0 Å². The van der Waals surface area contributed by atoms with Crippen LogP contribution >= 0.6 is 0 Å². The van der Waals surface area contributed by atoms with Gasteiger partial charge in [0.15, 0.2) is 0 Å². The number of hydrogen-bond acceptors (Lipinski definition) is 3. The number of hydrogen-bond donors (Lipinski definition) is 2. The van der Waals surface area contributed by atoms with Crippen LogP contribution in [0.3, 0.4) is 0 Å². The third-order valence-electron chi connectivity index (χ3n) is 3.06. The first kappa shape index (κ1) is 14.1. The molecule has 2 aromatic carbocycles. The SMILES string of the molecule is O=C(O)c1ccccc1N(CCO)Cc1ccccc1. The topological polar surface area (TPSA) is 60.8 Å². The fourth-order valence-electron chi connectivity index (χ4n) is 2.14. The van der Waals surface area contributed by atoms with E-state index in [0.717, 1.165) is 5.56 Å². The second-order valence-corrected chi connectivity index (χ2v) is 4.45. The van der Waals surface area contributed by atoms with Crippen LogP contribution in [-0.2, 0) is 6.54 Å². The number of aromatic carboxylic acids is 1. The van der Waals surface area contributed by atoms with Crippen LogP contribution in [0, 0.1) is 0 Å². The van der Waals surface area contributed by atoms with Gasteiger partial charge in [-0.15, -0.1) is 0 Å². The first-order valence-electron chi connectivity index (χ1n) is 6.44. The normalized spacial score (nSPS) is 10.2. The number of carboxylic acids is 1. The van der Waals surface area contributed by atoms with Gasteiger partial charge in [-0.1, -0.05) is 42.5 Å². The summed E-state index contributed by atoms with van der Waals surface area (Å²) in [5.41, 5.74) is 1.94. The van der Waals surface area contributed by atoms with Gasteiger partial charge < -0.3 is 15.1 Å². The lowest BCUT2D eigenvalue weighted by Gasteiger charge is -2.25. The van der Waals surface area contributed by atoms with Crippen molar-refractivity contribution in [2.75, 3.05) is 18.1 Å². The number of carbonyl (C=O) groups is 1. The van der Waals surface area contributed by atoms with E-state index in [1.807, 2.05) is 35.2 Å². The lowest BCUT2D eigenvalue weighted by Crippen LogP contribution is -2.27. The van der Waals surface area contributed by atoms with Gasteiger partial charge in [-0.25, -0.2) is 4.79 Å². The Bertz CT molecular complexity index is 569. The van der Waals surface area contributed by atoms with Crippen LogP contribution in [0.15, 0.2) is 54.6 Å². The average molecular weight is 271 g/mol. The van der Waals surface area contributed by atoms with E-state index in [9.17, 15) is 15.0 Å². The largest absolute Gasteiger partial charge is 0.478 e. The maximum absolute atomic E-state index is 11.3. The maximum atomic E-state index is 11.3. The minimum atomic E-state index is -0.961. The van der Waals surface area contributed by atoms with E-state index in [1.54, 1.807) is 24.3 Å². The minimum Gasteiger partial charge on any atom is -0.478 e. The van der Waals surface area contributed by atoms with E-state index in [0.29, 0.717) is 18.8 Å². The Balaban J connectivity index is 2.31. The molecule has 0 amide bonds. The third-order valence-corrected chi connectivity index (χ3v) is 3.06. The molecule has 2 aromatic rings. The number of aliphatic hydroxyl groups excluding tert-OH is 1. The average Bonchev–Trinajstić information content (AvgIpc) is 2.48. The predicted octanol–water partition coefficient (Wildman–Crippen LogP) is 2.38. The molecule has 0 spiro atoms. The zero-order chi connectivity index (χ0) is 14.4. The van der Waals surface area contributed by atoms with Crippen LogP contribution in [0.1, 0.15) is 15.9 Å². The molecule has 0 aliphatic heterocycles. The number of anilines is 1. The molecule has 4 heteroatoms. The van der Waals surface area contributed by atoms with Crippen LogP contribution in [-0.4, -0.2) is 29.3 Å². The summed E-state index contributed by atoms with van der Waals surface area (Å²) < 4.78 is 0. The predicted molar refractivity (Wildman–Crippen MR) is 78.0 cm³/mol. The van der Waals surface area contributed by atoms with E-state index in [4.69, 9.17) is 0 Å². The molecule has 0 atom stereocenters. The zero-order valence-electron chi connectivity index (χ0n) is 11.1. The molecule has 20 heavy (non-hydrogen) atoms. The van der Waals surface area contributed by atoms with E-state index in [-0.39, 0.29) is 12.2 Å². The Morgan fingerprint density at radius 1 is 1.00 bits per heavy atom. The fraction of sp³-hybridized carbons (Fsp3) is 0.188. The van der Waals surface area contributed by atoms with Crippen molar-refractivity contribution in [2.45, 2.75) is 6.54 Å². The first-order chi connectivity index (χ1) is 9.72. The van der Waals surface area contributed by atoms with Crippen molar-refractivity contribution in [3.05, 3.63) is 65.7 Å². The van der Waals surface area contributed by atoms with Crippen molar-refractivity contribution in [1.82, 2.24) is 0 Å². The van der Waals surface area contributed by atoms with Gasteiger partial charge in [0.1, 0.15) is 0 Å². The number of carboxylic acid groups (broad SMARTS) is 1. The van der Waals surface area contributed by atoms with E-state index >= 15 is 0 Å². The number of aliphatic hydroxyl groups is 1. The molecule has 0 heterocycles. The van der Waals surface area contributed by atoms with Crippen LogP contribution < -0.4 is 4.90 Å². The molecule has 0 aromatic heterocycles. The zero-order valence-corrected chi connectivity index (χ0v) is 11.1. The fourth-order valence-corrected chi connectivity index (χ4v) is 2.14. The summed E-state index contributed by atoms with van der Waals surface area (Å²) in [4.78, 5) is 13.2. The Morgan fingerprint density at radius 3 is 2.30 bits per heavy atom. The lowest BCUT2D eigenvalue weighted by molar-refractivity contribution is 0.0697. The monoisotopic (exact) mass is 271 g/mol. The maximum Gasteiger partial charge on any atom is 0.337 e. The van der Waals surface area contributed by atoms with E-state index < -0.39 is 5.97 Å². The van der Waals surface area contributed by atoms with Crippen molar-refractivity contribution >= 4 is 11.7 Å². The standard InChI is InChI=1S/C16H17NO3/c18-11-10-17(12-13-6-2-1-3-7-13)15-9-5-4-8-14(15)16(19)20/h1-9,18H,10-12H2,(H,19,20). The smallest absolute Gasteiger partial charge is 0.337 e. The summed E-state index contributed by atoms with van der Waals surface area (Å²) in [5, 5.41) is 18.5. The van der Waals surface area contributed by atoms with Crippen LogP contribution in [0.25, 0.3) is 0 Å². The van der Waals surface area contributed by atoms with Crippen LogP contribution in [0.5, 0.6) is 0 Å². The molecule has 4 nitrogen and oxygen atoms in total. The summed E-state index contributed by atoms with van der Waals surface area (Å²) in [6.45, 7) is 0.922. The molecule has 0 saturated carbocycles. The molecule has 0 radical (unpaired) electrons. The summed E-state index contributed by atoms with van der Waals surface area (Å²) in [5.74, 6) is -0.961. The van der Waals surface area contributed by atoms with Gasteiger partial charge in [0.25, 0.3) is 0 Å². The Hall–Kier alpha value is -2.33. The number of nitrogens with zero attached hydrogens (tertiary/aromatic N) is 1. The summed E-state index contributed by atoms with van der Waals surface area (Å²) in [6, 6.07) is 16.6. The van der Waals surface area contributed by atoms with Crippen molar-refractivity contribution in [3.8, 4) is 0 Å². The second-order valence-electron chi connectivity index (χ2n) is 4.45. The van der Waals surface area contributed by atoms with Gasteiger partial charge in [0.2, 0.25) is 0 Å². The van der Waals surface area contributed by atoms with Crippen molar-refractivity contribution < 1.29 is 15.0 Å². The first-order valence-corrected chi connectivity index (χ1v) is 6.44. The summed E-state index contributed by atoms with van der Waals surface area (Å²) in [6.07, 6.45) is 0. The second kappa shape index (κ2) is 6.73. The molecule has 0 unspecified atom stereocenters. The number of rotatable bonds is 6. The highest BCUT2D eigenvalue weighted by Crippen LogP contribution is 2.22. The highest BCUT2D eigenvalue weighted by atomic mass is 16.4. The quantitative estimate of drug-likeness (QED) is 0.847. The molecular formula is C16H17NO3. The number of para-hydroxylation sites is 1. The third kappa shape index (κ3) is 3.36. The van der Waals surface area contributed by atoms with Crippen LogP contribution in [0.4, 0.5) is 5.69 Å². The molecule has 0 saturated heterocycles. The molecular weight excluding hydrogens is 254 g/mol. The number of benzene rings is 2. The Kier molecular flexibility index (Phi) is 4.74. The Morgan fingerprint density at radius 2 is 1.65 bits per heavy atom. The van der Waals surface area contributed by atoms with E-state index in [2.05, 4.69) is 0 Å². The molecule has 0 bridgehead atoms. The van der Waals surface area contributed by atoms with Gasteiger partial charge in [-0.05, 0) is 17.7 Å². The van der Waals surface area contributed by atoms with Gasteiger partial charge in [-0.2, -0.15) is 0 Å². The molecule has 0 aliphatic carbocycles.